The van der Waals surface area contributed by atoms with Crippen LogP contribution in [0.5, 0.6) is 0 Å². The maximum atomic E-state index is 12.2. The van der Waals surface area contributed by atoms with E-state index < -0.39 is 0 Å². The highest BCUT2D eigenvalue weighted by Gasteiger charge is 2.07. The van der Waals surface area contributed by atoms with Gasteiger partial charge in [-0.25, -0.2) is 9.97 Å². The summed E-state index contributed by atoms with van der Waals surface area (Å²) in [4.78, 5) is 32.2. The Kier molecular flexibility index (Phi) is 3.74. The van der Waals surface area contributed by atoms with E-state index in [1.165, 1.54) is 22.2 Å². The zero-order chi connectivity index (χ0) is 14.7. The number of amides is 1. The van der Waals surface area contributed by atoms with Crippen LogP contribution in [0.15, 0.2) is 47.0 Å². The van der Waals surface area contributed by atoms with Gasteiger partial charge in [-0.1, -0.05) is 12.1 Å². The van der Waals surface area contributed by atoms with E-state index in [2.05, 4.69) is 15.3 Å². The molecule has 0 atom stereocenters. The maximum Gasteiger partial charge on any atom is 0.261 e. The van der Waals surface area contributed by atoms with E-state index in [9.17, 15) is 9.59 Å². The molecule has 0 radical (unpaired) electrons. The highest BCUT2D eigenvalue weighted by molar-refractivity contribution is 7.13. The summed E-state index contributed by atoms with van der Waals surface area (Å²) in [6.45, 7) is 0.286. The van der Waals surface area contributed by atoms with Crippen LogP contribution in [-0.4, -0.2) is 20.4 Å². The van der Waals surface area contributed by atoms with Crippen molar-refractivity contribution in [3.63, 3.8) is 0 Å². The van der Waals surface area contributed by atoms with Crippen LogP contribution in [0.2, 0.25) is 0 Å². The first-order valence-corrected chi connectivity index (χ1v) is 7.25. The molecule has 0 bridgehead atoms. The number of aromatic nitrogens is 3. The summed E-state index contributed by atoms with van der Waals surface area (Å²) in [5.41, 5.74) is 0.522. The Morgan fingerprint density at radius 3 is 2.95 bits per heavy atom. The van der Waals surface area contributed by atoms with E-state index >= 15 is 0 Å². The van der Waals surface area contributed by atoms with Crippen LogP contribution < -0.4 is 10.9 Å². The number of thiazole rings is 1. The largest absolute Gasteiger partial charge is 0.302 e. The second-order valence-corrected chi connectivity index (χ2v) is 5.29. The molecular formula is C14H12N4O2S. The minimum absolute atomic E-state index is 0.136. The third-order valence-corrected chi connectivity index (χ3v) is 3.68. The summed E-state index contributed by atoms with van der Waals surface area (Å²) >= 11 is 1.35. The van der Waals surface area contributed by atoms with E-state index in [0.717, 1.165) is 0 Å². The van der Waals surface area contributed by atoms with Crippen molar-refractivity contribution in [2.24, 2.45) is 0 Å². The highest BCUT2D eigenvalue weighted by Crippen LogP contribution is 2.10. The number of nitrogens with zero attached hydrogens (tertiary/aromatic N) is 3. The van der Waals surface area contributed by atoms with Crippen molar-refractivity contribution < 1.29 is 4.79 Å². The number of hydrogen-bond donors (Lipinski definition) is 1. The minimum atomic E-state index is -0.176. The van der Waals surface area contributed by atoms with Crippen molar-refractivity contribution in [2.45, 2.75) is 13.0 Å². The number of carbonyl (C=O) groups is 1. The molecule has 1 aromatic carbocycles. The number of aryl methyl sites for hydroxylation is 1. The van der Waals surface area contributed by atoms with Crippen LogP contribution in [0.4, 0.5) is 5.13 Å². The Labute approximate surface area is 124 Å². The average Bonchev–Trinajstić information content (AvgIpc) is 3.00. The van der Waals surface area contributed by atoms with Gasteiger partial charge in [0.15, 0.2) is 5.13 Å². The third kappa shape index (κ3) is 2.97. The molecular weight excluding hydrogens is 288 g/mol. The van der Waals surface area contributed by atoms with E-state index in [1.807, 2.05) is 6.07 Å². The van der Waals surface area contributed by atoms with E-state index in [-0.39, 0.29) is 24.4 Å². The molecule has 3 rings (SSSR count). The fourth-order valence-corrected chi connectivity index (χ4v) is 2.50. The quantitative estimate of drug-likeness (QED) is 0.798. The summed E-state index contributed by atoms with van der Waals surface area (Å²) < 4.78 is 1.45. The lowest BCUT2D eigenvalue weighted by atomic mass is 10.2. The van der Waals surface area contributed by atoms with Gasteiger partial charge in [-0.15, -0.1) is 11.3 Å². The summed E-state index contributed by atoms with van der Waals surface area (Å²) in [5, 5.41) is 5.58. The molecule has 106 valence electrons. The van der Waals surface area contributed by atoms with Gasteiger partial charge in [-0.05, 0) is 12.1 Å². The average molecular weight is 300 g/mol. The molecule has 0 aliphatic rings. The molecule has 2 aromatic heterocycles. The Morgan fingerprint density at radius 2 is 2.14 bits per heavy atom. The molecule has 0 aliphatic carbocycles. The monoisotopic (exact) mass is 300 g/mol. The van der Waals surface area contributed by atoms with Crippen molar-refractivity contribution in [1.82, 2.24) is 14.5 Å². The van der Waals surface area contributed by atoms with Gasteiger partial charge < -0.3 is 5.32 Å². The van der Waals surface area contributed by atoms with Crippen LogP contribution in [0.3, 0.4) is 0 Å². The predicted molar refractivity (Wildman–Crippen MR) is 81.4 cm³/mol. The predicted octanol–water partition coefficient (Wildman–Crippen LogP) is 1.88. The molecule has 0 aliphatic heterocycles. The van der Waals surface area contributed by atoms with Crippen LogP contribution >= 0.6 is 11.3 Å². The first-order valence-electron chi connectivity index (χ1n) is 6.37. The van der Waals surface area contributed by atoms with Gasteiger partial charge in [0.05, 0.1) is 17.2 Å². The Hall–Kier alpha value is -2.54. The van der Waals surface area contributed by atoms with E-state index in [0.29, 0.717) is 16.0 Å². The van der Waals surface area contributed by atoms with Gasteiger partial charge in [0.2, 0.25) is 5.91 Å². The Bertz CT molecular complexity index is 826. The van der Waals surface area contributed by atoms with Crippen molar-refractivity contribution in [3.8, 4) is 0 Å². The van der Waals surface area contributed by atoms with Crippen molar-refractivity contribution in [3.05, 3.63) is 52.5 Å². The number of carbonyl (C=O) groups excluding carboxylic acids is 1. The first kappa shape index (κ1) is 13.4. The van der Waals surface area contributed by atoms with Crippen LogP contribution in [0.1, 0.15) is 6.42 Å². The topological polar surface area (TPSA) is 76.9 Å². The summed E-state index contributed by atoms with van der Waals surface area (Å²) in [5.74, 6) is -0.176. The van der Waals surface area contributed by atoms with Crippen LogP contribution in [0.25, 0.3) is 10.9 Å². The van der Waals surface area contributed by atoms with Crippen LogP contribution in [0, 0.1) is 0 Å². The highest BCUT2D eigenvalue weighted by atomic mass is 32.1. The number of benzene rings is 1. The molecule has 6 nitrogen and oxygen atoms in total. The zero-order valence-electron chi connectivity index (χ0n) is 11.0. The summed E-state index contributed by atoms with van der Waals surface area (Å²) in [7, 11) is 0. The molecule has 1 amide bonds. The lowest BCUT2D eigenvalue weighted by Crippen LogP contribution is -2.23. The van der Waals surface area contributed by atoms with Gasteiger partial charge in [-0.3, -0.25) is 14.2 Å². The van der Waals surface area contributed by atoms with Gasteiger partial charge in [-0.2, -0.15) is 0 Å². The van der Waals surface area contributed by atoms with E-state index in [4.69, 9.17) is 0 Å². The number of rotatable bonds is 4. The van der Waals surface area contributed by atoms with E-state index in [1.54, 1.807) is 29.8 Å². The lowest BCUT2D eigenvalue weighted by molar-refractivity contribution is -0.116. The lowest BCUT2D eigenvalue weighted by Gasteiger charge is -2.06. The van der Waals surface area contributed by atoms with Crippen molar-refractivity contribution in [1.29, 1.82) is 0 Å². The smallest absolute Gasteiger partial charge is 0.261 e. The first-order chi connectivity index (χ1) is 10.2. The second-order valence-electron chi connectivity index (χ2n) is 4.40. The van der Waals surface area contributed by atoms with Crippen LogP contribution in [-0.2, 0) is 11.3 Å². The van der Waals surface area contributed by atoms with Gasteiger partial charge in [0, 0.05) is 24.5 Å². The molecule has 3 aromatic rings. The molecule has 0 saturated carbocycles. The Morgan fingerprint density at radius 1 is 1.29 bits per heavy atom. The fraction of sp³-hybridized carbons (Fsp3) is 0.143. The second kappa shape index (κ2) is 5.84. The standard InChI is InChI=1S/C14H12N4O2S/c19-12(17-14-15-6-8-21-14)5-7-18-9-16-11-4-2-1-3-10(11)13(18)20/h1-4,6,8-9H,5,7H2,(H,15,17,19). The fourth-order valence-electron chi connectivity index (χ4n) is 1.95. The number of para-hydroxylation sites is 1. The zero-order valence-corrected chi connectivity index (χ0v) is 11.8. The molecule has 0 saturated heterocycles. The summed E-state index contributed by atoms with van der Waals surface area (Å²) in [6, 6.07) is 7.15. The number of nitrogens with one attached hydrogen (secondary N) is 1. The normalized spacial score (nSPS) is 10.7. The minimum Gasteiger partial charge on any atom is -0.302 e. The number of anilines is 1. The molecule has 0 spiro atoms. The van der Waals surface area contributed by atoms with Gasteiger partial charge in [0.25, 0.3) is 5.56 Å². The summed E-state index contributed by atoms with van der Waals surface area (Å²) in [6.07, 6.45) is 3.29. The van der Waals surface area contributed by atoms with Crippen molar-refractivity contribution >= 4 is 33.3 Å². The number of hydrogen-bond acceptors (Lipinski definition) is 5. The number of fused-ring (bicyclic) bond motifs is 1. The van der Waals surface area contributed by atoms with Gasteiger partial charge >= 0.3 is 0 Å². The SMILES string of the molecule is O=C(CCn1cnc2ccccc2c1=O)Nc1nccs1. The molecule has 0 unspecified atom stereocenters. The molecule has 2 heterocycles. The molecule has 1 N–H and O–H groups in total. The van der Waals surface area contributed by atoms with Crippen molar-refractivity contribution in [2.75, 3.05) is 5.32 Å². The molecule has 7 heteroatoms. The van der Waals surface area contributed by atoms with Gasteiger partial charge in [0.1, 0.15) is 0 Å². The third-order valence-electron chi connectivity index (χ3n) is 2.99. The Balaban J connectivity index is 1.72. The maximum absolute atomic E-state index is 12.2. The molecule has 21 heavy (non-hydrogen) atoms. The molecule has 0 fully saturated rings.